The van der Waals surface area contributed by atoms with Gasteiger partial charge in [-0.15, -0.1) is 0 Å². The molecule has 0 aliphatic rings. The molecule has 0 aromatic heterocycles. The highest BCUT2D eigenvalue weighted by Gasteiger charge is 0.00522. The van der Waals surface area contributed by atoms with Gasteiger partial charge in [-0.25, -0.2) is 0 Å². The maximum Gasteiger partial charge on any atom is 0 e. The van der Waals surface area contributed by atoms with Crippen molar-refractivity contribution in [1.82, 2.24) is 0 Å². The lowest BCUT2D eigenvalue weighted by Gasteiger charge is -0.198. The first-order valence-electron chi connectivity index (χ1n) is 0. The van der Waals surface area contributed by atoms with Gasteiger partial charge in [0.05, 0.1) is 0 Å². The fraction of sp³-hybridized carbons (Fsp3) is 1.00. The summed E-state index contributed by atoms with van der Waals surface area (Å²) in [5.41, 5.74) is 0. The van der Waals surface area contributed by atoms with Crippen LogP contribution in [0.15, 0.2) is 0 Å². The summed E-state index contributed by atoms with van der Waals surface area (Å²) in [6, 6.07) is 0. The van der Waals surface area contributed by atoms with E-state index in [4.69, 9.17) is 0 Å². The van der Waals surface area contributed by atoms with E-state index in [9.17, 15) is 0 Å². The van der Waals surface area contributed by atoms with E-state index < -0.39 is 0 Å². The molecule has 0 atom stereocenters. The standard InChI is InChI=1S/78CH4.14H2S.14H2/h78*1H4;14*1H2;14*1H/i;;;;;;;;;;;;;;;;;;;;;;;;;;;;;;;;;;;;;;;;;;;;;;;;;;;;;;;;;;;;;;;;;;;;;;;;;;;;;;;;;;;;;;;;;;;;14*1+1. The average molecular weight is 1770 g/mol. The van der Waals surface area contributed by atoms with E-state index in [0.29, 0.717) is 0 Å². The van der Waals surface area contributed by atoms with Crippen LogP contribution in [0.3, 0.4) is 0 Å². The minimum absolute atomic E-state index is 0. The number of hydrogen-bond acceptors (Lipinski definition) is 0. The zero-order valence-corrected chi connectivity index (χ0v) is 21.0. The average Bonchev–Trinajstić information content (AvgIpc) is 0. The van der Waals surface area contributed by atoms with E-state index in [2.05, 4.69) is 0 Å². The van der Waals surface area contributed by atoms with Crippen LogP contribution in [0.25, 0.3) is 0 Å². The third-order valence-electron chi connectivity index (χ3n) is 0. The molecule has 0 aromatic carbocycles. The molecule has 0 amide bonds. The van der Waals surface area contributed by atoms with Crippen LogP contribution in [0, 0.1) is 0 Å². The smallest absolute Gasteiger partial charge is 0 e. The van der Waals surface area contributed by atoms with Gasteiger partial charge in [0.15, 0.2) is 0 Å². The highest BCUT2D eigenvalue weighted by Crippen LogP contribution is 0.664. The van der Waals surface area contributed by atoms with Crippen LogP contribution in [-0.2, 0) is 0 Å². The second-order valence-corrected chi connectivity index (χ2v) is 0. The Hall–Kier alpha value is 4.90. The molecule has 0 rings (SSSR count). The van der Waals surface area contributed by atoms with Crippen molar-refractivity contribution in [2.45, 2.75) is 579 Å². The molecule has 0 spiro atoms. The van der Waals surface area contributed by atoms with Gasteiger partial charge in [0.2, 0.25) is 0 Å². The molecule has 0 saturated carbocycles. The van der Waals surface area contributed by atoms with Gasteiger partial charge in [-0.1, -0.05) is 579 Å². The molecule has 92 heavy (non-hydrogen) atoms. The van der Waals surface area contributed by atoms with Gasteiger partial charge in [0.25, 0.3) is 0 Å². The summed E-state index contributed by atoms with van der Waals surface area (Å²) >= 11 is 0. The normalized spacial score (nSPS) is 0. The van der Waals surface area contributed by atoms with Crippen LogP contribution >= 0.6 is 189 Å². The molecule has 0 bridgehead atoms. The lowest BCUT2D eigenvalue weighted by molar-refractivity contribution is 2.50. The van der Waals surface area contributed by atoms with Gasteiger partial charge in [-0.05, 0) is 0 Å². The Morgan fingerprint density at radius 1 is 0.0326 bits per heavy atom. The van der Waals surface area contributed by atoms with Crippen LogP contribution in [0.1, 0.15) is 599 Å². The zero-order valence-electron chi connectivity index (χ0n) is 7.00. The Balaban J connectivity index is 0. The molecule has 0 aliphatic heterocycles. The SMILES string of the molecule is C.C.C.C.C.C.C.C.C.C.C.C.C.C.C.C.C.C.C.C.C.C.C.C.C.C.C.C.C.C.C.C.C.C.C.C.C.C.C.C.C.C.C.C.C.C.C.C.C.C.C.C.C.C.C.C.C.C.C.C.C.C.C.C.C.C.C.C.C.C.C.C.C.C.C.C.C.C.S.S.S.S.S.S.S.S.S.S.S.S.S.S.[2HH].[2HH].[2HH].[2HH].[2HH].[2HH].[2HH].[2HH].[2HH].[2HH].[2HH].[2HH].[2HH].[2HH]. The van der Waals surface area contributed by atoms with Gasteiger partial charge >= 0.3 is 0 Å². The summed E-state index contributed by atoms with van der Waals surface area (Å²) in [6.07, 6.45) is 0. The highest BCUT2D eigenvalue weighted by atomic mass is 32.1. The fourth-order valence-corrected chi connectivity index (χ4v) is 0. The first kappa shape index (κ1) is 37100. The monoisotopic (exact) mass is 1770 g/mol. The molecular weight excluding hydrogens is 1390 g/mol. The van der Waals surface area contributed by atoms with Gasteiger partial charge in [0.1, 0.15) is 0 Å². The van der Waals surface area contributed by atoms with Crippen molar-refractivity contribution in [1.29, 1.82) is 0 Å². The minimum Gasteiger partial charge on any atom is -0.197 e. The lowest BCUT2D eigenvalue weighted by atomic mass is 12.0. The first-order valence-corrected chi connectivity index (χ1v) is 0. The molecule has 0 saturated heterocycles. The number of hydrogen-bond donors (Lipinski definition) is 0. The molecular formula is C78H368S14. The largest absolute Gasteiger partial charge is 0.197 e. The van der Waals surface area contributed by atoms with Crippen molar-refractivity contribution in [3.63, 3.8) is 0 Å². The summed E-state index contributed by atoms with van der Waals surface area (Å²) in [6.45, 7) is 0. The van der Waals surface area contributed by atoms with Crippen LogP contribution in [0.2, 0.25) is 0 Å². The molecule has 0 nitrogen and oxygen atoms in total. The molecule has 0 radical (unpaired) electrons. The Morgan fingerprint density at radius 3 is 0.0326 bits per heavy atom. The van der Waals surface area contributed by atoms with Crippen molar-refractivity contribution in [2.75, 3.05) is 0 Å². The van der Waals surface area contributed by atoms with E-state index in [1.54, 1.807) is 0 Å². The van der Waals surface area contributed by atoms with Crippen molar-refractivity contribution in [2.24, 2.45) is 0 Å². The summed E-state index contributed by atoms with van der Waals surface area (Å²) in [5, 5.41) is 0. The van der Waals surface area contributed by atoms with E-state index >= 15 is 0 Å². The molecule has 0 aliphatic carbocycles. The van der Waals surface area contributed by atoms with Gasteiger partial charge < -0.3 is 0 Å². The maximum atomic E-state index is 0. The Bertz CT molecular complexity index is 116. The topological polar surface area (TPSA) is 0 Å². The summed E-state index contributed by atoms with van der Waals surface area (Å²) < 4.78 is 0. The van der Waals surface area contributed by atoms with E-state index in [1.807, 2.05) is 0 Å². The second-order valence-electron chi connectivity index (χ2n) is 0. The van der Waals surface area contributed by atoms with Crippen molar-refractivity contribution < 1.29 is 20.0 Å². The maximum absolute atomic E-state index is 0. The number of rotatable bonds is 0. The van der Waals surface area contributed by atoms with Gasteiger partial charge in [-0.3, -0.25) is 0 Å². The predicted molar refractivity (Wildman–Crippen MR) is 700 cm³/mol. The fourth-order valence-electron chi connectivity index (χ4n) is 0. The van der Waals surface area contributed by atoms with E-state index in [0.717, 1.165) is 0 Å². The first-order chi connectivity index (χ1) is 0. The summed E-state index contributed by atoms with van der Waals surface area (Å²) in [4.78, 5) is 0. The molecule has 0 aromatic rings. The Kier molecular flexibility index (Phi) is 14500000. The molecule has 0 fully saturated rings. The Morgan fingerprint density at radius 2 is 0.0326 bits per heavy atom. The highest BCUT2D eigenvalue weighted by molar-refractivity contribution is 7.60. The van der Waals surface area contributed by atoms with Crippen LogP contribution in [0.5, 0.6) is 0 Å². The minimum atomic E-state index is 0. The zero-order chi connectivity index (χ0) is 0. The molecule has 0 unspecified atom stereocenters. The summed E-state index contributed by atoms with van der Waals surface area (Å²) in [7, 11) is 0. The predicted octanol–water partition coefficient (Wildman–Crippen LogP) is 54.6. The van der Waals surface area contributed by atoms with E-state index in [-0.39, 0.29) is 788 Å². The van der Waals surface area contributed by atoms with Gasteiger partial charge in [-0.2, -0.15) is 189 Å². The quantitative estimate of drug-likeness (QED) is 0.227. The summed E-state index contributed by atoms with van der Waals surface area (Å²) in [5.74, 6) is 0. The van der Waals surface area contributed by atoms with Crippen molar-refractivity contribution >= 4 is 189 Å². The van der Waals surface area contributed by atoms with E-state index in [1.165, 1.54) is 0 Å². The third-order valence-corrected chi connectivity index (χ3v) is 0. The van der Waals surface area contributed by atoms with Crippen LogP contribution < -0.4 is 0 Å². The van der Waals surface area contributed by atoms with Gasteiger partial charge in [0, 0.05) is 20.0 Å². The third kappa shape index (κ3) is 34900. The van der Waals surface area contributed by atoms with Crippen LogP contribution in [-0.4, -0.2) is 0 Å². The molecule has 14 heteroatoms. The molecule has 0 heterocycles. The van der Waals surface area contributed by atoms with Crippen molar-refractivity contribution in [3.8, 4) is 0 Å². The van der Waals surface area contributed by atoms with Crippen molar-refractivity contribution in [3.05, 3.63) is 0 Å². The Labute approximate surface area is 782 Å². The second kappa shape index (κ2) is 36000. The van der Waals surface area contributed by atoms with Crippen LogP contribution in [0.4, 0.5) is 0 Å². The lowest BCUT2D eigenvalue weighted by Crippen LogP contribution is 0.143. The molecule has 0 N–H and O–H groups in total. The molecule has 764 valence electrons.